The summed E-state index contributed by atoms with van der Waals surface area (Å²) >= 11 is 0. The minimum absolute atomic E-state index is 0.0364. The summed E-state index contributed by atoms with van der Waals surface area (Å²) in [6.45, 7) is 2.75. The minimum atomic E-state index is 0.0364. The van der Waals surface area contributed by atoms with Crippen LogP contribution >= 0.6 is 0 Å². The third-order valence-electron chi connectivity index (χ3n) is 3.65. The van der Waals surface area contributed by atoms with E-state index in [0.717, 1.165) is 38.2 Å². The molecule has 1 aliphatic rings. The van der Waals surface area contributed by atoms with E-state index in [1.807, 2.05) is 12.1 Å². The zero-order valence-corrected chi connectivity index (χ0v) is 12.0. The van der Waals surface area contributed by atoms with Crippen molar-refractivity contribution in [2.24, 2.45) is 0 Å². The van der Waals surface area contributed by atoms with Crippen molar-refractivity contribution in [3.05, 3.63) is 24.3 Å². The SMILES string of the molecule is COC1CCCN(CCC(=O)Nc2ccc(N)cc2)C1. The van der Waals surface area contributed by atoms with Gasteiger partial charge in [-0.05, 0) is 43.7 Å². The molecule has 5 heteroatoms. The van der Waals surface area contributed by atoms with Crippen LogP contribution in [-0.2, 0) is 9.53 Å². The van der Waals surface area contributed by atoms with Crippen molar-refractivity contribution >= 4 is 17.3 Å². The summed E-state index contributed by atoms with van der Waals surface area (Å²) in [5, 5.41) is 2.88. The molecule has 0 saturated carbocycles. The molecule has 1 saturated heterocycles. The Bertz CT molecular complexity index is 433. The molecule has 1 atom stereocenters. The van der Waals surface area contributed by atoms with Crippen LogP contribution in [0.25, 0.3) is 0 Å². The summed E-state index contributed by atoms with van der Waals surface area (Å²) in [5.41, 5.74) is 7.09. The van der Waals surface area contributed by atoms with Gasteiger partial charge in [-0.3, -0.25) is 4.79 Å². The molecule has 0 radical (unpaired) electrons. The number of carbonyl (C=O) groups is 1. The van der Waals surface area contributed by atoms with Gasteiger partial charge in [0.2, 0.25) is 5.91 Å². The van der Waals surface area contributed by atoms with Crippen LogP contribution in [0.15, 0.2) is 24.3 Å². The fourth-order valence-electron chi connectivity index (χ4n) is 2.46. The van der Waals surface area contributed by atoms with E-state index >= 15 is 0 Å². The Morgan fingerprint density at radius 3 is 2.90 bits per heavy atom. The Morgan fingerprint density at radius 2 is 2.20 bits per heavy atom. The molecule has 1 unspecified atom stereocenters. The number of anilines is 2. The van der Waals surface area contributed by atoms with Crippen LogP contribution in [0.4, 0.5) is 11.4 Å². The third-order valence-corrected chi connectivity index (χ3v) is 3.65. The lowest BCUT2D eigenvalue weighted by Crippen LogP contribution is -2.40. The summed E-state index contributed by atoms with van der Waals surface area (Å²) in [6.07, 6.45) is 3.06. The van der Waals surface area contributed by atoms with Gasteiger partial charge >= 0.3 is 0 Å². The monoisotopic (exact) mass is 277 g/mol. The predicted molar refractivity (Wildman–Crippen MR) is 80.6 cm³/mol. The van der Waals surface area contributed by atoms with Gasteiger partial charge < -0.3 is 20.7 Å². The number of ether oxygens (including phenoxy) is 1. The Hall–Kier alpha value is -1.59. The van der Waals surface area contributed by atoms with Crippen LogP contribution in [0.3, 0.4) is 0 Å². The van der Waals surface area contributed by atoms with Gasteiger partial charge in [-0.15, -0.1) is 0 Å². The van der Waals surface area contributed by atoms with Crippen molar-refractivity contribution in [2.75, 3.05) is 37.8 Å². The second-order valence-corrected chi connectivity index (χ2v) is 5.22. The van der Waals surface area contributed by atoms with Crippen LogP contribution < -0.4 is 11.1 Å². The maximum absolute atomic E-state index is 11.9. The highest BCUT2D eigenvalue weighted by Crippen LogP contribution is 2.14. The highest BCUT2D eigenvalue weighted by atomic mass is 16.5. The number of nitrogens with two attached hydrogens (primary N) is 1. The Morgan fingerprint density at radius 1 is 1.45 bits per heavy atom. The number of amides is 1. The first-order valence-corrected chi connectivity index (χ1v) is 7.08. The highest BCUT2D eigenvalue weighted by molar-refractivity contribution is 5.90. The van der Waals surface area contributed by atoms with Gasteiger partial charge in [-0.2, -0.15) is 0 Å². The predicted octanol–water partition coefficient (Wildman–Crippen LogP) is 1.71. The molecule has 110 valence electrons. The maximum Gasteiger partial charge on any atom is 0.225 e. The second-order valence-electron chi connectivity index (χ2n) is 5.22. The molecule has 0 aromatic heterocycles. The van der Waals surface area contributed by atoms with Crippen molar-refractivity contribution in [1.29, 1.82) is 0 Å². The van der Waals surface area contributed by atoms with Crippen LogP contribution in [0.5, 0.6) is 0 Å². The van der Waals surface area contributed by atoms with Crippen LogP contribution in [0.2, 0.25) is 0 Å². The van der Waals surface area contributed by atoms with Crippen LogP contribution in [-0.4, -0.2) is 43.7 Å². The molecule has 1 fully saturated rings. The number of rotatable bonds is 5. The van der Waals surface area contributed by atoms with Gasteiger partial charge in [0.05, 0.1) is 6.10 Å². The Labute approximate surface area is 120 Å². The average molecular weight is 277 g/mol. The van der Waals surface area contributed by atoms with Crippen molar-refractivity contribution in [3.63, 3.8) is 0 Å². The summed E-state index contributed by atoms with van der Waals surface area (Å²) in [5.74, 6) is 0.0364. The molecule has 20 heavy (non-hydrogen) atoms. The smallest absolute Gasteiger partial charge is 0.225 e. The quantitative estimate of drug-likeness (QED) is 0.804. The number of nitrogen functional groups attached to an aromatic ring is 1. The van der Waals surface area contributed by atoms with E-state index in [4.69, 9.17) is 10.5 Å². The number of benzene rings is 1. The van der Waals surface area contributed by atoms with E-state index < -0.39 is 0 Å². The van der Waals surface area contributed by atoms with Gasteiger partial charge in [-0.25, -0.2) is 0 Å². The molecule has 1 amide bonds. The normalized spacial score (nSPS) is 19.8. The average Bonchev–Trinajstić information content (AvgIpc) is 2.48. The lowest BCUT2D eigenvalue weighted by molar-refractivity contribution is -0.116. The second kappa shape index (κ2) is 7.26. The van der Waals surface area contributed by atoms with E-state index in [2.05, 4.69) is 10.2 Å². The van der Waals surface area contributed by atoms with Gasteiger partial charge in [0.15, 0.2) is 0 Å². The Kier molecular flexibility index (Phi) is 5.38. The summed E-state index contributed by atoms with van der Waals surface area (Å²) < 4.78 is 5.38. The van der Waals surface area contributed by atoms with Gasteiger partial charge in [0.1, 0.15) is 0 Å². The molecule has 2 rings (SSSR count). The zero-order chi connectivity index (χ0) is 14.4. The fraction of sp³-hybridized carbons (Fsp3) is 0.533. The number of likely N-dealkylation sites (tertiary alicyclic amines) is 1. The highest BCUT2D eigenvalue weighted by Gasteiger charge is 2.19. The lowest BCUT2D eigenvalue weighted by atomic mass is 10.1. The van der Waals surface area contributed by atoms with Gasteiger partial charge in [0.25, 0.3) is 0 Å². The molecule has 1 heterocycles. The molecule has 1 aliphatic heterocycles. The van der Waals surface area contributed by atoms with E-state index in [0.29, 0.717) is 18.2 Å². The molecular formula is C15H23N3O2. The van der Waals surface area contributed by atoms with E-state index in [-0.39, 0.29) is 5.91 Å². The minimum Gasteiger partial charge on any atom is -0.399 e. The first-order valence-electron chi connectivity index (χ1n) is 7.08. The number of nitrogens with one attached hydrogen (secondary N) is 1. The van der Waals surface area contributed by atoms with Gasteiger partial charge in [-0.1, -0.05) is 0 Å². The number of nitrogens with zero attached hydrogens (tertiary/aromatic N) is 1. The van der Waals surface area contributed by atoms with Crippen molar-refractivity contribution < 1.29 is 9.53 Å². The van der Waals surface area contributed by atoms with Crippen molar-refractivity contribution in [1.82, 2.24) is 4.90 Å². The molecule has 3 N–H and O–H groups in total. The van der Waals surface area contributed by atoms with Crippen molar-refractivity contribution in [2.45, 2.75) is 25.4 Å². The number of piperidine rings is 1. The molecular weight excluding hydrogens is 254 g/mol. The first kappa shape index (κ1) is 14.8. The molecule has 1 aromatic carbocycles. The van der Waals surface area contributed by atoms with Crippen molar-refractivity contribution in [3.8, 4) is 0 Å². The number of carbonyl (C=O) groups excluding carboxylic acids is 1. The van der Waals surface area contributed by atoms with E-state index in [1.54, 1.807) is 19.2 Å². The number of hydrogen-bond acceptors (Lipinski definition) is 4. The van der Waals surface area contributed by atoms with E-state index in [1.165, 1.54) is 0 Å². The van der Waals surface area contributed by atoms with Crippen LogP contribution in [0, 0.1) is 0 Å². The third kappa shape index (κ3) is 4.51. The molecule has 0 bridgehead atoms. The van der Waals surface area contributed by atoms with Crippen LogP contribution in [0.1, 0.15) is 19.3 Å². The molecule has 1 aromatic rings. The van der Waals surface area contributed by atoms with E-state index in [9.17, 15) is 4.79 Å². The van der Waals surface area contributed by atoms with Gasteiger partial charge in [0, 0.05) is 38.0 Å². The number of methoxy groups -OCH3 is 1. The fourth-order valence-corrected chi connectivity index (χ4v) is 2.46. The zero-order valence-electron chi connectivity index (χ0n) is 12.0. The summed E-state index contributed by atoms with van der Waals surface area (Å²) in [7, 11) is 1.75. The summed E-state index contributed by atoms with van der Waals surface area (Å²) in [6, 6.07) is 7.19. The molecule has 0 aliphatic carbocycles. The standard InChI is InChI=1S/C15H23N3O2/c1-20-14-3-2-9-18(11-14)10-8-15(19)17-13-6-4-12(16)5-7-13/h4-7,14H,2-3,8-11,16H2,1H3,(H,17,19). The Balaban J connectivity index is 1.73. The first-order chi connectivity index (χ1) is 9.67. The molecule has 5 nitrogen and oxygen atoms in total. The maximum atomic E-state index is 11.9. The topological polar surface area (TPSA) is 67.6 Å². The number of hydrogen-bond donors (Lipinski definition) is 2. The molecule has 0 spiro atoms. The lowest BCUT2D eigenvalue weighted by Gasteiger charge is -2.31. The largest absolute Gasteiger partial charge is 0.399 e. The summed E-state index contributed by atoms with van der Waals surface area (Å²) in [4.78, 5) is 14.2.